The average molecular weight is 327 g/mol. The standard InChI is InChI=1S/C15H21NO3S2/c1-10-2-3-13-12(6-10)7-14(20-13)15(17)16-8-11-4-5-21(18,19)9-11/h7,10-11H,2-6,8-9H2,1H3,(H,16,17). The summed E-state index contributed by atoms with van der Waals surface area (Å²) in [5.41, 5.74) is 1.33. The minimum absolute atomic E-state index is 0.0497. The van der Waals surface area contributed by atoms with Crippen LogP contribution in [0.4, 0.5) is 0 Å². The molecular weight excluding hydrogens is 306 g/mol. The largest absolute Gasteiger partial charge is 0.351 e. The van der Waals surface area contributed by atoms with Gasteiger partial charge in [-0.15, -0.1) is 11.3 Å². The normalized spacial score (nSPS) is 27.3. The second-order valence-electron chi connectivity index (χ2n) is 6.39. The van der Waals surface area contributed by atoms with E-state index in [2.05, 4.69) is 12.2 Å². The Balaban J connectivity index is 1.59. The summed E-state index contributed by atoms with van der Waals surface area (Å²) in [4.78, 5) is 14.3. The van der Waals surface area contributed by atoms with E-state index < -0.39 is 9.84 Å². The highest BCUT2D eigenvalue weighted by Crippen LogP contribution is 2.32. The zero-order valence-electron chi connectivity index (χ0n) is 12.2. The molecule has 2 heterocycles. The first-order valence-electron chi connectivity index (χ1n) is 7.53. The summed E-state index contributed by atoms with van der Waals surface area (Å²) in [6.45, 7) is 2.72. The van der Waals surface area contributed by atoms with Crippen LogP contribution in [0.2, 0.25) is 0 Å². The van der Waals surface area contributed by atoms with Crippen LogP contribution in [0.1, 0.15) is 39.9 Å². The van der Waals surface area contributed by atoms with Crippen LogP contribution in [0.15, 0.2) is 6.07 Å². The molecule has 1 amide bonds. The van der Waals surface area contributed by atoms with Crippen LogP contribution in [0, 0.1) is 11.8 Å². The van der Waals surface area contributed by atoms with Crippen molar-refractivity contribution in [2.24, 2.45) is 11.8 Å². The molecule has 116 valence electrons. The lowest BCUT2D eigenvalue weighted by Crippen LogP contribution is -2.29. The van der Waals surface area contributed by atoms with Gasteiger partial charge in [0.25, 0.3) is 5.91 Å². The fourth-order valence-corrected chi connectivity index (χ4v) is 6.16. The SMILES string of the molecule is CC1CCc2sc(C(=O)NCC3CCS(=O)(=O)C3)cc2C1. The Hall–Kier alpha value is -0.880. The van der Waals surface area contributed by atoms with E-state index in [0.717, 1.165) is 17.7 Å². The fraction of sp³-hybridized carbons (Fsp3) is 0.667. The van der Waals surface area contributed by atoms with Crippen LogP contribution >= 0.6 is 11.3 Å². The zero-order valence-corrected chi connectivity index (χ0v) is 13.9. The van der Waals surface area contributed by atoms with Gasteiger partial charge in [0, 0.05) is 11.4 Å². The van der Waals surface area contributed by atoms with Crippen molar-refractivity contribution in [3.05, 3.63) is 21.4 Å². The molecule has 1 saturated heterocycles. The molecule has 4 nitrogen and oxygen atoms in total. The highest BCUT2D eigenvalue weighted by molar-refractivity contribution is 7.91. The number of amides is 1. The molecule has 6 heteroatoms. The van der Waals surface area contributed by atoms with Gasteiger partial charge in [-0.2, -0.15) is 0 Å². The van der Waals surface area contributed by atoms with Crippen molar-refractivity contribution < 1.29 is 13.2 Å². The van der Waals surface area contributed by atoms with Crippen LogP contribution in [-0.4, -0.2) is 32.4 Å². The molecule has 1 aliphatic carbocycles. The van der Waals surface area contributed by atoms with Gasteiger partial charge in [-0.3, -0.25) is 4.79 Å². The Morgan fingerprint density at radius 1 is 1.43 bits per heavy atom. The number of carbonyl (C=O) groups excluding carboxylic acids is 1. The minimum Gasteiger partial charge on any atom is -0.351 e. The first-order chi connectivity index (χ1) is 9.93. The van der Waals surface area contributed by atoms with Crippen molar-refractivity contribution in [1.82, 2.24) is 5.32 Å². The molecule has 1 aromatic heterocycles. The molecule has 1 aromatic rings. The minimum atomic E-state index is -2.87. The average Bonchev–Trinajstić information content (AvgIpc) is 2.98. The number of aryl methyl sites for hydroxylation is 1. The molecule has 2 unspecified atom stereocenters. The summed E-state index contributed by atoms with van der Waals surface area (Å²) >= 11 is 1.60. The Kier molecular flexibility index (Phi) is 4.10. The Morgan fingerprint density at radius 3 is 2.95 bits per heavy atom. The van der Waals surface area contributed by atoms with Gasteiger partial charge in [0.1, 0.15) is 0 Å². The summed E-state index contributed by atoms with van der Waals surface area (Å²) in [6, 6.07) is 2.02. The van der Waals surface area contributed by atoms with Crippen LogP contribution in [0.3, 0.4) is 0 Å². The predicted octanol–water partition coefficient (Wildman–Crippen LogP) is 2.04. The Bertz CT molecular complexity index is 648. The van der Waals surface area contributed by atoms with Crippen molar-refractivity contribution in [1.29, 1.82) is 0 Å². The van der Waals surface area contributed by atoms with Gasteiger partial charge in [-0.25, -0.2) is 8.42 Å². The molecule has 0 saturated carbocycles. The third kappa shape index (κ3) is 3.48. The molecule has 0 bridgehead atoms. The number of fused-ring (bicyclic) bond motifs is 1. The van der Waals surface area contributed by atoms with E-state index in [0.29, 0.717) is 18.9 Å². The molecule has 1 aliphatic heterocycles. The van der Waals surface area contributed by atoms with Crippen molar-refractivity contribution in [3.63, 3.8) is 0 Å². The number of hydrogen-bond acceptors (Lipinski definition) is 4. The number of hydrogen-bond donors (Lipinski definition) is 1. The predicted molar refractivity (Wildman–Crippen MR) is 84.6 cm³/mol. The fourth-order valence-electron chi connectivity index (χ4n) is 3.17. The van der Waals surface area contributed by atoms with E-state index in [1.54, 1.807) is 11.3 Å². The topological polar surface area (TPSA) is 63.2 Å². The lowest BCUT2D eigenvalue weighted by atomic mass is 9.90. The maximum absolute atomic E-state index is 12.2. The second-order valence-corrected chi connectivity index (χ2v) is 9.75. The number of sulfone groups is 1. The first-order valence-corrected chi connectivity index (χ1v) is 10.2. The van der Waals surface area contributed by atoms with Gasteiger partial charge in [0.05, 0.1) is 16.4 Å². The van der Waals surface area contributed by atoms with Gasteiger partial charge in [-0.05, 0) is 49.1 Å². The maximum atomic E-state index is 12.2. The Morgan fingerprint density at radius 2 is 2.24 bits per heavy atom. The van der Waals surface area contributed by atoms with Gasteiger partial charge in [0.2, 0.25) is 0 Å². The van der Waals surface area contributed by atoms with Gasteiger partial charge in [0.15, 0.2) is 9.84 Å². The lowest BCUT2D eigenvalue weighted by molar-refractivity contribution is 0.0952. The summed E-state index contributed by atoms with van der Waals surface area (Å²) in [6.07, 6.45) is 4.02. The smallest absolute Gasteiger partial charge is 0.261 e. The first kappa shape index (κ1) is 15.0. The number of carbonyl (C=O) groups is 1. The van der Waals surface area contributed by atoms with Gasteiger partial charge < -0.3 is 5.32 Å². The molecule has 0 spiro atoms. The van der Waals surface area contributed by atoms with E-state index >= 15 is 0 Å². The lowest BCUT2D eigenvalue weighted by Gasteiger charge is -2.16. The van der Waals surface area contributed by atoms with E-state index in [-0.39, 0.29) is 23.3 Å². The maximum Gasteiger partial charge on any atom is 0.261 e. The van der Waals surface area contributed by atoms with Crippen molar-refractivity contribution in [2.75, 3.05) is 18.1 Å². The monoisotopic (exact) mass is 327 g/mol. The van der Waals surface area contributed by atoms with E-state index in [9.17, 15) is 13.2 Å². The van der Waals surface area contributed by atoms with Crippen molar-refractivity contribution in [3.8, 4) is 0 Å². The highest BCUT2D eigenvalue weighted by Gasteiger charge is 2.28. The van der Waals surface area contributed by atoms with Crippen LogP contribution in [-0.2, 0) is 22.7 Å². The summed E-state index contributed by atoms with van der Waals surface area (Å²) in [5.74, 6) is 1.20. The number of nitrogens with one attached hydrogen (secondary N) is 1. The molecule has 1 fully saturated rings. The van der Waals surface area contributed by atoms with Crippen LogP contribution in [0.5, 0.6) is 0 Å². The third-order valence-electron chi connectivity index (χ3n) is 4.43. The Labute approximate surface area is 129 Å². The quantitative estimate of drug-likeness (QED) is 0.924. The third-order valence-corrected chi connectivity index (χ3v) is 7.50. The molecule has 21 heavy (non-hydrogen) atoms. The van der Waals surface area contributed by atoms with Crippen LogP contribution in [0.25, 0.3) is 0 Å². The summed E-state index contributed by atoms with van der Waals surface area (Å²) < 4.78 is 22.8. The van der Waals surface area contributed by atoms with Crippen molar-refractivity contribution >= 4 is 27.1 Å². The van der Waals surface area contributed by atoms with Crippen molar-refractivity contribution in [2.45, 2.75) is 32.6 Å². The molecule has 1 N–H and O–H groups in total. The second kappa shape index (κ2) is 5.72. The molecule has 2 aliphatic rings. The van der Waals surface area contributed by atoms with Gasteiger partial charge >= 0.3 is 0 Å². The molecular formula is C15H21NO3S2. The molecule has 3 rings (SSSR count). The number of thiophene rings is 1. The summed E-state index contributed by atoms with van der Waals surface area (Å²) in [7, 11) is -2.87. The highest BCUT2D eigenvalue weighted by atomic mass is 32.2. The van der Waals surface area contributed by atoms with Gasteiger partial charge in [-0.1, -0.05) is 6.92 Å². The van der Waals surface area contributed by atoms with Crippen LogP contribution < -0.4 is 5.32 Å². The van der Waals surface area contributed by atoms with E-state index in [1.807, 2.05) is 6.07 Å². The van der Waals surface area contributed by atoms with E-state index in [1.165, 1.54) is 16.9 Å². The zero-order chi connectivity index (χ0) is 15.0. The number of rotatable bonds is 3. The summed E-state index contributed by atoms with van der Waals surface area (Å²) in [5, 5.41) is 2.91. The van der Waals surface area contributed by atoms with E-state index in [4.69, 9.17) is 0 Å². The molecule has 0 aromatic carbocycles. The molecule has 2 atom stereocenters. The molecule has 0 radical (unpaired) electrons.